The summed E-state index contributed by atoms with van der Waals surface area (Å²) in [6, 6.07) is 7.59. The van der Waals surface area contributed by atoms with Gasteiger partial charge in [-0.1, -0.05) is 24.3 Å². The molecule has 1 aliphatic carbocycles. The number of benzene rings is 1. The molecule has 1 aromatic carbocycles. The van der Waals surface area contributed by atoms with Crippen molar-refractivity contribution in [2.24, 2.45) is 5.73 Å². The van der Waals surface area contributed by atoms with Crippen LogP contribution in [0.3, 0.4) is 0 Å². The second kappa shape index (κ2) is 8.71. The van der Waals surface area contributed by atoms with Gasteiger partial charge in [-0.25, -0.2) is 4.68 Å². The van der Waals surface area contributed by atoms with Gasteiger partial charge < -0.3 is 15.8 Å². The number of carbonyl (C=O) groups is 1. The van der Waals surface area contributed by atoms with Crippen LogP contribution in [0.5, 0.6) is 5.88 Å². The number of anilines is 1. The van der Waals surface area contributed by atoms with Crippen molar-refractivity contribution in [3.63, 3.8) is 0 Å². The quantitative estimate of drug-likeness (QED) is 0.688. The Bertz CT molecular complexity index is 936. The van der Waals surface area contributed by atoms with Crippen molar-refractivity contribution < 1.29 is 22.7 Å². The summed E-state index contributed by atoms with van der Waals surface area (Å²) in [5.41, 5.74) is 6.13. The fraction of sp³-hybridized carbons (Fsp3) is 0.263. The Morgan fingerprint density at radius 3 is 2.69 bits per heavy atom. The largest absolute Gasteiger partial charge is 0.467 e. The van der Waals surface area contributed by atoms with Crippen LogP contribution in [-0.2, 0) is 17.5 Å². The lowest BCUT2D eigenvalue weighted by Gasteiger charge is -2.17. The molecule has 0 fully saturated rings. The lowest BCUT2D eigenvalue weighted by Crippen LogP contribution is -2.22. The zero-order chi connectivity index (χ0) is 21.0. The SMILES string of the molecule is NCc1ccc(NC(=O)COc2cc(C(F)(F)F)nn2C2=CC=CCC2Cl)cc1. The van der Waals surface area contributed by atoms with E-state index in [-0.39, 0.29) is 5.88 Å². The standard InChI is InChI=1S/C19H18ClF3N4O2/c20-14-3-1-2-4-15(14)27-18(9-16(26-27)19(21,22)23)29-11-17(28)25-13-7-5-12(10-24)6-8-13/h1-2,4-9,14H,3,10-11,24H2,(H,25,28). The van der Waals surface area contributed by atoms with E-state index < -0.39 is 29.8 Å². The van der Waals surface area contributed by atoms with Crippen LogP contribution in [0.4, 0.5) is 18.9 Å². The van der Waals surface area contributed by atoms with Crippen molar-refractivity contribution in [2.75, 3.05) is 11.9 Å². The van der Waals surface area contributed by atoms with E-state index in [1.807, 2.05) is 0 Å². The number of halogens is 4. The predicted octanol–water partition coefficient (Wildman–Crippen LogP) is 3.79. The van der Waals surface area contributed by atoms with Crippen LogP contribution in [0, 0.1) is 0 Å². The van der Waals surface area contributed by atoms with Crippen LogP contribution in [0.15, 0.2) is 48.6 Å². The van der Waals surface area contributed by atoms with Gasteiger partial charge in [-0.3, -0.25) is 4.79 Å². The third-order valence-electron chi connectivity index (χ3n) is 4.10. The average molecular weight is 427 g/mol. The van der Waals surface area contributed by atoms with E-state index in [1.165, 1.54) is 0 Å². The third kappa shape index (κ3) is 5.18. The number of amides is 1. The summed E-state index contributed by atoms with van der Waals surface area (Å²) in [7, 11) is 0. The molecule has 3 rings (SSSR count). The molecule has 3 N–H and O–H groups in total. The fourth-order valence-corrected chi connectivity index (χ4v) is 2.91. The van der Waals surface area contributed by atoms with Gasteiger partial charge in [-0.05, 0) is 30.2 Å². The normalized spacial score (nSPS) is 16.4. The minimum absolute atomic E-state index is 0.224. The van der Waals surface area contributed by atoms with Crippen molar-refractivity contribution in [1.82, 2.24) is 9.78 Å². The number of alkyl halides is 4. The van der Waals surface area contributed by atoms with E-state index in [4.69, 9.17) is 22.1 Å². The highest BCUT2D eigenvalue weighted by Gasteiger charge is 2.36. The summed E-state index contributed by atoms with van der Waals surface area (Å²) in [5, 5.41) is 5.60. The molecule has 6 nitrogen and oxygen atoms in total. The number of aromatic nitrogens is 2. The minimum atomic E-state index is -4.66. The smallest absolute Gasteiger partial charge is 0.435 e. The van der Waals surface area contributed by atoms with E-state index >= 15 is 0 Å². The maximum atomic E-state index is 13.1. The van der Waals surface area contributed by atoms with Crippen LogP contribution in [-0.4, -0.2) is 27.7 Å². The number of hydrogen-bond acceptors (Lipinski definition) is 4. The molecule has 1 aliphatic rings. The number of nitrogens with two attached hydrogens (primary N) is 1. The molecule has 1 amide bonds. The summed E-state index contributed by atoms with van der Waals surface area (Å²) < 4.78 is 45.6. The summed E-state index contributed by atoms with van der Waals surface area (Å²) in [5.74, 6) is -0.759. The molecule has 0 bridgehead atoms. The Morgan fingerprint density at radius 2 is 2.07 bits per heavy atom. The number of nitrogens with zero attached hydrogens (tertiary/aromatic N) is 2. The zero-order valence-corrected chi connectivity index (χ0v) is 15.9. The van der Waals surface area contributed by atoms with Gasteiger partial charge in [-0.15, -0.1) is 11.6 Å². The molecule has 1 aromatic heterocycles. The molecule has 0 saturated carbocycles. The van der Waals surface area contributed by atoms with Crippen LogP contribution in [0.1, 0.15) is 17.7 Å². The zero-order valence-electron chi connectivity index (χ0n) is 15.1. The summed E-state index contributed by atoms with van der Waals surface area (Å²) in [6.07, 6.45) is 0.792. The number of ether oxygens (including phenoxy) is 1. The van der Waals surface area contributed by atoms with E-state index in [2.05, 4.69) is 10.4 Å². The van der Waals surface area contributed by atoms with Crippen molar-refractivity contribution >= 4 is 28.9 Å². The fourth-order valence-electron chi connectivity index (χ4n) is 2.64. The highest BCUT2D eigenvalue weighted by Crippen LogP contribution is 2.34. The van der Waals surface area contributed by atoms with Crippen LogP contribution in [0.25, 0.3) is 5.70 Å². The monoisotopic (exact) mass is 426 g/mol. The van der Waals surface area contributed by atoms with Gasteiger partial charge in [-0.2, -0.15) is 18.3 Å². The number of rotatable bonds is 6. The van der Waals surface area contributed by atoms with Gasteiger partial charge in [0.1, 0.15) is 0 Å². The average Bonchev–Trinajstić information content (AvgIpc) is 3.12. The molecule has 1 unspecified atom stereocenters. The molecule has 0 aliphatic heterocycles. The molecule has 29 heavy (non-hydrogen) atoms. The first-order valence-corrected chi connectivity index (χ1v) is 9.11. The Kier molecular flexibility index (Phi) is 6.29. The Morgan fingerprint density at radius 1 is 1.34 bits per heavy atom. The maximum absolute atomic E-state index is 13.1. The Labute approximate surface area is 169 Å². The first-order chi connectivity index (χ1) is 13.8. The van der Waals surface area contributed by atoms with E-state index in [9.17, 15) is 18.0 Å². The molecular weight excluding hydrogens is 409 g/mol. The summed E-state index contributed by atoms with van der Waals surface area (Å²) >= 11 is 6.20. The van der Waals surface area contributed by atoms with Gasteiger partial charge in [0.25, 0.3) is 5.91 Å². The molecular formula is C19H18ClF3N4O2. The lowest BCUT2D eigenvalue weighted by atomic mass is 10.1. The Balaban J connectivity index is 1.75. The summed E-state index contributed by atoms with van der Waals surface area (Å²) in [6.45, 7) is -0.132. The van der Waals surface area contributed by atoms with Crippen molar-refractivity contribution in [2.45, 2.75) is 24.5 Å². The number of hydrogen-bond donors (Lipinski definition) is 2. The summed E-state index contributed by atoms with van der Waals surface area (Å²) in [4.78, 5) is 12.1. The molecule has 10 heteroatoms. The van der Waals surface area contributed by atoms with Gasteiger partial charge >= 0.3 is 6.18 Å². The topological polar surface area (TPSA) is 82.2 Å². The van der Waals surface area contributed by atoms with Crippen LogP contribution in [0.2, 0.25) is 0 Å². The first-order valence-electron chi connectivity index (χ1n) is 8.68. The Hall–Kier alpha value is -2.78. The molecule has 1 atom stereocenters. The minimum Gasteiger partial charge on any atom is -0.467 e. The van der Waals surface area contributed by atoms with E-state index in [0.29, 0.717) is 24.4 Å². The molecule has 0 saturated heterocycles. The second-order valence-electron chi connectivity index (χ2n) is 6.24. The van der Waals surface area contributed by atoms with Crippen LogP contribution < -0.4 is 15.8 Å². The molecule has 0 spiro atoms. The van der Waals surface area contributed by atoms with Gasteiger partial charge in [0.2, 0.25) is 5.88 Å². The van der Waals surface area contributed by atoms with Crippen molar-refractivity contribution in [3.8, 4) is 5.88 Å². The second-order valence-corrected chi connectivity index (χ2v) is 6.77. The molecule has 154 valence electrons. The van der Waals surface area contributed by atoms with Crippen molar-refractivity contribution in [3.05, 3.63) is 59.8 Å². The van der Waals surface area contributed by atoms with Gasteiger partial charge in [0.15, 0.2) is 12.3 Å². The number of nitrogens with one attached hydrogen (secondary N) is 1. The highest BCUT2D eigenvalue weighted by atomic mass is 35.5. The number of carbonyl (C=O) groups excluding carboxylic acids is 1. The first kappa shape index (κ1) is 20.9. The number of allylic oxidation sites excluding steroid dienone is 4. The van der Waals surface area contributed by atoms with Crippen molar-refractivity contribution in [1.29, 1.82) is 0 Å². The predicted molar refractivity (Wildman–Crippen MR) is 103 cm³/mol. The van der Waals surface area contributed by atoms with Gasteiger partial charge in [0.05, 0.1) is 11.1 Å². The molecule has 0 radical (unpaired) electrons. The van der Waals surface area contributed by atoms with Gasteiger partial charge in [0, 0.05) is 18.3 Å². The van der Waals surface area contributed by atoms with E-state index in [0.717, 1.165) is 16.3 Å². The van der Waals surface area contributed by atoms with E-state index in [1.54, 1.807) is 42.5 Å². The van der Waals surface area contributed by atoms with Crippen LogP contribution >= 0.6 is 11.6 Å². The lowest BCUT2D eigenvalue weighted by molar-refractivity contribution is -0.141. The molecule has 1 heterocycles. The highest BCUT2D eigenvalue weighted by molar-refractivity contribution is 6.25. The third-order valence-corrected chi connectivity index (χ3v) is 4.50. The maximum Gasteiger partial charge on any atom is 0.435 e. The molecule has 2 aromatic rings.